The maximum Gasteiger partial charge on any atom is 0.164 e. The minimum Gasteiger partial charge on any atom is -0.456 e. The predicted molar refractivity (Wildman–Crippen MR) is 219 cm³/mol. The maximum atomic E-state index is 6.86. The number of rotatable bonds is 5. The molecule has 0 saturated carbocycles. The van der Waals surface area contributed by atoms with Crippen molar-refractivity contribution in [1.82, 2.24) is 15.0 Å². The summed E-state index contributed by atoms with van der Waals surface area (Å²) in [6.07, 6.45) is 0. The van der Waals surface area contributed by atoms with Crippen molar-refractivity contribution in [1.29, 1.82) is 0 Å². The van der Waals surface area contributed by atoms with Gasteiger partial charge in [0.2, 0.25) is 0 Å². The Labute approximate surface area is 309 Å². The molecule has 0 atom stereocenters. The van der Waals surface area contributed by atoms with Crippen LogP contribution in [0.25, 0.3) is 111 Å². The van der Waals surface area contributed by atoms with Crippen LogP contribution in [-0.2, 0) is 0 Å². The number of para-hydroxylation sites is 1. The van der Waals surface area contributed by atoms with Crippen LogP contribution < -0.4 is 0 Å². The summed E-state index contributed by atoms with van der Waals surface area (Å²) in [6.45, 7) is 0. The zero-order chi connectivity index (χ0) is 35.6. The van der Waals surface area contributed by atoms with Crippen molar-refractivity contribution in [3.8, 4) is 56.4 Å². The average molecular weight is 692 g/mol. The van der Waals surface area contributed by atoms with Crippen molar-refractivity contribution < 1.29 is 8.83 Å². The zero-order valence-corrected chi connectivity index (χ0v) is 28.9. The third kappa shape index (κ3) is 4.98. The van der Waals surface area contributed by atoms with Crippen molar-refractivity contribution in [2.45, 2.75) is 0 Å². The molecule has 3 heterocycles. The molecule has 0 spiro atoms. The van der Waals surface area contributed by atoms with Gasteiger partial charge in [0.15, 0.2) is 17.5 Å². The van der Waals surface area contributed by atoms with Gasteiger partial charge in [-0.1, -0.05) is 133 Å². The summed E-state index contributed by atoms with van der Waals surface area (Å²) >= 11 is 0. The largest absolute Gasteiger partial charge is 0.456 e. The van der Waals surface area contributed by atoms with Crippen LogP contribution in [0.3, 0.4) is 0 Å². The Hall–Kier alpha value is -7.37. The van der Waals surface area contributed by atoms with Gasteiger partial charge in [-0.2, -0.15) is 0 Å². The minimum atomic E-state index is 0.575. The van der Waals surface area contributed by atoms with Crippen LogP contribution in [0.2, 0.25) is 0 Å². The summed E-state index contributed by atoms with van der Waals surface area (Å²) in [6, 6.07) is 60.4. The molecule has 0 saturated heterocycles. The average Bonchev–Trinajstić information content (AvgIpc) is 3.81. The molecule has 5 heteroatoms. The predicted octanol–water partition coefficient (Wildman–Crippen LogP) is 13.2. The van der Waals surface area contributed by atoms with Gasteiger partial charge in [0, 0.05) is 43.8 Å². The number of aromatic nitrogens is 3. The molecular formula is C49H29N3O2. The molecule has 0 unspecified atom stereocenters. The quantitative estimate of drug-likeness (QED) is 0.180. The normalized spacial score (nSPS) is 11.7. The highest BCUT2D eigenvalue weighted by atomic mass is 16.3. The van der Waals surface area contributed by atoms with Crippen molar-refractivity contribution >= 4 is 54.6 Å². The Morgan fingerprint density at radius 1 is 0.315 bits per heavy atom. The highest BCUT2D eigenvalue weighted by Crippen LogP contribution is 2.44. The first-order valence-electron chi connectivity index (χ1n) is 18.0. The molecule has 0 amide bonds. The highest BCUT2D eigenvalue weighted by molar-refractivity contribution is 6.18. The topological polar surface area (TPSA) is 65.0 Å². The van der Waals surface area contributed by atoms with E-state index >= 15 is 0 Å². The van der Waals surface area contributed by atoms with E-state index in [-0.39, 0.29) is 0 Å². The summed E-state index contributed by atoms with van der Waals surface area (Å²) < 4.78 is 13.2. The van der Waals surface area contributed by atoms with Crippen LogP contribution in [-0.4, -0.2) is 15.0 Å². The number of furan rings is 2. The van der Waals surface area contributed by atoms with E-state index in [4.69, 9.17) is 23.8 Å². The fourth-order valence-electron chi connectivity index (χ4n) is 7.66. The summed E-state index contributed by atoms with van der Waals surface area (Å²) in [5.41, 5.74) is 10.2. The van der Waals surface area contributed by atoms with Gasteiger partial charge in [-0.25, -0.2) is 15.0 Å². The summed E-state index contributed by atoms with van der Waals surface area (Å²) in [7, 11) is 0. The third-order valence-corrected chi connectivity index (χ3v) is 10.3. The first-order valence-corrected chi connectivity index (χ1v) is 18.0. The summed E-state index contributed by atoms with van der Waals surface area (Å²) in [5, 5.41) is 6.39. The van der Waals surface area contributed by atoms with Gasteiger partial charge in [0.1, 0.15) is 22.3 Å². The molecular weight excluding hydrogens is 663 g/mol. The summed E-state index contributed by atoms with van der Waals surface area (Å²) in [4.78, 5) is 15.4. The fraction of sp³-hybridized carbons (Fsp3) is 0. The Bertz CT molecular complexity index is 3200. The highest BCUT2D eigenvalue weighted by Gasteiger charge is 2.22. The molecule has 0 radical (unpaired) electrons. The number of benzene rings is 8. The van der Waals surface area contributed by atoms with Crippen LogP contribution in [0.4, 0.5) is 0 Å². The Balaban J connectivity index is 1.15. The van der Waals surface area contributed by atoms with E-state index in [9.17, 15) is 0 Å². The van der Waals surface area contributed by atoms with E-state index in [2.05, 4.69) is 121 Å². The van der Waals surface area contributed by atoms with E-state index < -0.39 is 0 Å². The number of fused-ring (bicyclic) bond motifs is 7. The van der Waals surface area contributed by atoms with Crippen molar-refractivity contribution in [3.05, 3.63) is 176 Å². The van der Waals surface area contributed by atoms with Crippen LogP contribution in [0.15, 0.2) is 185 Å². The van der Waals surface area contributed by atoms with Crippen LogP contribution >= 0.6 is 0 Å². The van der Waals surface area contributed by atoms with E-state index in [1.165, 1.54) is 0 Å². The smallest absolute Gasteiger partial charge is 0.164 e. The molecule has 3 aromatic heterocycles. The first-order chi connectivity index (χ1) is 26.7. The van der Waals surface area contributed by atoms with Gasteiger partial charge in [0.25, 0.3) is 0 Å². The molecule has 0 bridgehead atoms. The molecule has 0 aliphatic rings. The molecule has 11 aromatic rings. The van der Waals surface area contributed by atoms with E-state index in [0.717, 1.165) is 93.6 Å². The van der Waals surface area contributed by atoms with Crippen molar-refractivity contribution in [2.24, 2.45) is 0 Å². The van der Waals surface area contributed by atoms with Gasteiger partial charge in [-0.05, 0) is 69.9 Å². The van der Waals surface area contributed by atoms with Gasteiger partial charge in [0.05, 0.1) is 0 Å². The van der Waals surface area contributed by atoms with Crippen molar-refractivity contribution in [3.63, 3.8) is 0 Å². The summed E-state index contributed by atoms with van der Waals surface area (Å²) in [5.74, 6) is 1.78. The van der Waals surface area contributed by atoms with Crippen molar-refractivity contribution in [2.75, 3.05) is 0 Å². The van der Waals surface area contributed by atoms with Gasteiger partial charge in [-0.3, -0.25) is 0 Å². The molecule has 54 heavy (non-hydrogen) atoms. The lowest BCUT2D eigenvalue weighted by Gasteiger charge is -2.11. The number of hydrogen-bond donors (Lipinski definition) is 0. The lowest BCUT2D eigenvalue weighted by atomic mass is 9.96. The third-order valence-electron chi connectivity index (χ3n) is 10.3. The minimum absolute atomic E-state index is 0.575. The lowest BCUT2D eigenvalue weighted by molar-refractivity contribution is 0.668. The Morgan fingerprint density at radius 2 is 0.852 bits per heavy atom. The molecule has 5 nitrogen and oxygen atoms in total. The second-order valence-electron chi connectivity index (χ2n) is 13.6. The Morgan fingerprint density at radius 3 is 1.63 bits per heavy atom. The number of hydrogen-bond acceptors (Lipinski definition) is 5. The van der Waals surface area contributed by atoms with Gasteiger partial charge in [-0.15, -0.1) is 0 Å². The van der Waals surface area contributed by atoms with E-state index in [0.29, 0.717) is 17.5 Å². The van der Waals surface area contributed by atoms with Gasteiger partial charge < -0.3 is 8.83 Å². The maximum absolute atomic E-state index is 6.86. The van der Waals surface area contributed by atoms with E-state index in [1.807, 2.05) is 54.6 Å². The SMILES string of the molecule is c1ccc(-c2ccc(-c3nc(-c4ccccc4)nc(-c4ccc(-c5ccc6c(c5)oc5ccccc56)c5oc6cc7ccccc7cc6c45)n3)cc2)cc1. The first kappa shape index (κ1) is 30.3. The van der Waals surface area contributed by atoms with Crippen LogP contribution in [0.1, 0.15) is 0 Å². The molecule has 252 valence electrons. The van der Waals surface area contributed by atoms with Crippen LogP contribution in [0.5, 0.6) is 0 Å². The van der Waals surface area contributed by atoms with Crippen LogP contribution in [0, 0.1) is 0 Å². The standard InChI is InChI=1S/C49H29N3O2/c1-3-11-30(12-4-1)31-19-21-33(22-20-31)48-50-47(32-13-5-2-6-14-32)51-49(52-48)40-26-25-37(36-23-24-39-38-17-9-10-18-42(38)53-43(39)29-36)46-45(40)41-27-34-15-7-8-16-35(34)28-44(41)54-46/h1-29H. The second kappa shape index (κ2) is 12.1. The second-order valence-corrected chi connectivity index (χ2v) is 13.6. The van der Waals surface area contributed by atoms with E-state index in [1.54, 1.807) is 0 Å². The molecule has 0 fully saturated rings. The fourth-order valence-corrected chi connectivity index (χ4v) is 7.66. The monoisotopic (exact) mass is 691 g/mol. The molecule has 0 aliphatic carbocycles. The number of nitrogens with zero attached hydrogens (tertiary/aromatic N) is 3. The molecule has 0 aliphatic heterocycles. The molecule has 0 N–H and O–H groups in total. The molecule has 11 rings (SSSR count). The van der Waals surface area contributed by atoms with Gasteiger partial charge >= 0.3 is 0 Å². The Kier molecular flexibility index (Phi) is 6.79. The zero-order valence-electron chi connectivity index (χ0n) is 28.9. The lowest BCUT2D eigenvalue weighted by Crippen LogP contribution is -2.00. The molecule has 8 aromatic carbocycles.